The quantitative estimate of drug-likeness (QED) is 0.679. The number of benzene rings is 1. The molecule has 0 atom stereocenters. The van der Waals surface area contributed by atoms with Gasteiger partial charge in [0, 0.05) is 17.5 Å². The van der Waals surface area contributed by atoms with Crippen molar-refractivity contribution in [2.45, 2.75) is 31.7 Å². The molecule has 0 spiro atoms. The highest BCUT2D eigenvalue weighted by Gasteiger charge is 2.03. The number of hydrogen-bond acceptors (Lipinski definition) is 4. The van der Waals surface area contributed by atoms with Crippen LogP contribution in [-0.4, -0.2) is 9.97 Å². The maximum absolute atomic E-state index is 5.71. The Bertz CT molecular complexity index is 547. The van der Waals surface area contributed by atoms with E-state index in [1.165, 1.54) is 16.7 Å². The van der Waals surface area contributed by atoms with Gasteiger partial charge in [0.2, 0.25) is 0 Å². The van der Waals surface area contributed by atoms with Crippen molar-refractivity contribution in [1.29, 1.82) is 0 Å². The molecule has 2 aromatic rings. The van der Waals surface area contributed by atoms with Gasteiger partial charge in [-0.05, 0) is 37.5 Å². The molecule has 0 unspecified atom stereocenters. The number of anilines is 1. The Balaban J connectivity index is 2.08. The van der Waals surface area contributed by atoms with Gasteiger partial charge in [0.1, 0.15) is 5.82 Å². The average molecular weight is 259 g/mol. The van der Waals surface area contributed by atoms with Crippen LogP contribution in [0.25, 0.3) is 0 Å². The van der Waals surface area contributed by atoms with Crippen molar-refractivity contribution in [2.24, 2.45) is 0 Å². The highest BCUT2D eigenvalue weighted by Crippen LogP contribution is 2.21. The maximum Gasteiger partial charge on any atom is 0.190 e. The van der Waals surface area contributed by atoms with E-state index in [2.05, 4.69) is 42.0 Å². The molecule has 4 heteroatoms. The number of hydrogen-bond donors (Lipinski definition) is 1. The minimum absolute atomic E-state index is 0.532. The van der Waals surface area contributed by atoms with Crippen LogP contribution in [0.1, 0.15) is 22.4 Å². The minimum Gasteiger partial charge on any atom is -0.384 e. The number of nitrogens with two attached hydrogens (primary N) is 1. The zero-order chi connectivity index (χ0) is 13.1. The van der Waals surface area contributed by atoms with E-state index in [4.69, 9.17) is 5.73 Å². The zero-order valence-corrected chi connectivity index (χ0v) is 11.7. The van der Waals surface area contributed by atoms with Crippen molar-refractivity contribution >= 4 is 17.6 Å². The van der Waals surface area contributed by atoms with Gasteiger partial charge in [-0.15, -0.1) is 0 Å². The van der Waals surface area contributed by atoms with Crippen LogP contribution in [0.3, 0.4) is 0 Å². The summed E-state index contributed by atoms with van der Waals surface area (Å²) in [6.07, 6.45) is 0. The summed E-state index contributed by atoms with van der Waals surface area (Å²) in [5, 5.41) is 0.741. The molecule has 2 N–H and O–H groups in total. The zero-order valence-electron chi connectivity index (χ0n) is 10.9. The Labute approximate surface area is 112 Å². The van der Waals surface area contributed by atoms with Crippen molar-refractivity contribution in [3.05, 3.63) is 46.6 Å². The number of rotatable bonds is 3. The molecular formula is C14H17N3S. The summed E-state index contributed by atoms with van der Waals surface area (Å²) in [7, 11) is 0. The summed E-state index contributed by atoms with van der Waals surface area (Å²) in [5.41, 5.74) is 10.5. The molecule has 0 saturated heterocycles. The molecule has 18 heavy (non-hydrogen) atoms. The fraction of sp³-hybridized carbons (Fsp3) is 0.286. The fourth-order valence-corrected chi connectivity index (χ4v) is 2.52. The van der Waals surface area contributed by atoms with Crippen molar-refractivity contribution in [2.75, 3.05) is 5.73 Å². The van der Waals surface area contributed by atoms with Gasteiger partial charge in [-0.3, -0.25) is 0 Å². The summed E-state index contributed by atoms with van der Waals surface area (Å²) in [6, 6.07) is 8.28. The van der Waals surface area contributed by atoms with E-state index in [1.807, 2.05) is 6.92 Å². The minimum atomic E-state index is 0.532. The SMILES string of the molecule is Cc1cc(N)nc(SCc2ccc(C)c(C)c2)n1. The molecular weight excluding hydrogens is 242 g/mol. The Morgan fingerprint density at radius 1 is 1.06 bits per heavy atom. The van der Waals surface area contributed by atoms with E-state index in [9.17, 15) is 0 Å². The van der Waals surface area contributed by atoms with Gasteiger partial charge in [-0.2, -0.15) is 0 Å². The van der Waals surface area contributed by atoms with Crippen LogP contribution in [0.15, 0.2) is 29.4 Å². The van der Waals surface area contributed by atoms with E-state index in [0.717, 1.165) is 16.6 Å². The van der Waals surface area contributed by atoms with Crippen molar-refractivity contribution in [3.63, 3.8) is 0 Å². The molecule has 2 rings (SSSR count). The van der Waals surface area contributed by atoms with Crippen LogP contribution in [-0.2, 0) is 5.75 Å². The molecule has 0 saturated carbocycles. The van der Waals surface area contributed by atoms with Crippen LogP contribution in [0, 0.1) is 20.8 Å². The van der Waals surface area contributed by atoms with Crippen LogP contribution < -0.4 is 5.73 Å². The number of aromatic nitrogens is 2. The molecule has 0 radical (unpaired) electrons. The third-order valence-corrected chi connectivity index (χ3v) is 3.71. The van der Waals surface area contributed by atoms with E-state index < -0.39 is 0 Å². The topological polar surface area (TPSA) is 51.8 Å². The lowest BCUT2D eigenvalue weighted by Gasteiger charge is -2.05. The Morgan fingerprint density at radius 2 is 1.83 bits per heavy atom. The van der Waals surface area contributed by atoms with E-state index in [-0.39, 0.29) is 0 Å². The Hall–Kier alpha value is -1.55. The number of nitrogens with zero attached hydrogens (tertiary/aromatic N) is 2. The second kappa shape index (κ2) is 5.40. The van der Waals surface area contributed by atoms with Crippen LogP contribution in [0.2, 0.25) is 0 Å². The Morgan fingerprint density at radius 3 is 2.50 bits per heavy atom. The summed E-state index contributed by atoms with van der Waals surface area (Å²) in [5.74, 6) is 1.40. The predicted molar refractivity (Wildman–Crippen MR) is 76.7 cm³/mol. The van der Waals surface area contributed by atoms with Crippen LogP contribution in [0.4, 0.5) is 5.82 Å². The summed E-state index contributed by atoms with van der Waals surface area (Å²) < 4.78 is 0. The number of thioether (sulfide) groups is 1. The molecule has 0 aliphatic carbocycles. The van der Waals surface area contributed by atoms with Crippen molar-refractivity contribution in [3.8, 4) is 0 Å². The normalized spacial score (nSPS) is 10.6. The van der Waals surface area contributed by atoms with Crippen LogP contribution in [0.5, 0.6) is 0 Å². The van der Waals surface area contributed by atoms with Gasteiger partial charge in [-0.1, -0.05) is 30.0 Å². The molecule has 0 bridgehead atoms. The Kier molecular flexibility index (Phi) is 3.87. The molecule has 0 fully saturated rings. The van der Waals surface area contributed by atoms with Gasteiger partial charge >= 0.3 is 0 Å². The summed E-state index contributed by atoms with van der Waals surface area (Å²) >= 11 is 1.61. The molecule has 94 valence electrons. The summed E-state index contributed by atoms with van der Waals surface area (Å²) in [4.78, 5) is 8.58. The molecule has 0 aliphatic rings. The van der Waals surface area contributed by atoms with Gasteiger partial charge in [-0.25, -0.2) is 9.97 Å². The maximum atomic E-state index is 5.71. The molecule has 1 heterocycles. The van der Waals surface area contributed by atoms with Crippen LogP contribution >= 0.6 is 11.8 Å². The highest BCUT2D eigenvalue weighted by atomic mass is 32.2. The lowest BCUT2D eigenvalue weighted by atomic mass is 10.1. The molecule has 0 aliphatic heterocycles. The highest BCUT2D eigenvalue weighted by molar-refractivity contribution is 7.98. The third-order valence-electron chi connectivity index (χ3n) is 2.79. The second-order valence-corrected chi connectivity index (χ2v) is 5.37. The number of nitrogen functional groups attached to an aromatic ring is 1. The lowest BCUT2D eigenvalue weighted by Crippen LogP contribution is -1.96. The molecule has 0 amide bonds. The van der Waals surface area contributed by atoms with Gasteiger partial charge in [0.05, 0.1) is 0 Å². The lowest BCUT2D eigenvalue weighted by molar-refractivity contribution is 0.940. The predicted octanol–water partition coefficient (Wildman–Crippen LogP) is 3.28. The first-order valence-electron chi connectivity index (χ1n) is 5.84. The second-order valence-electron chi connectivity index (χ2n) is 4.42. The first-order chi connectivity index (χ1) is 8.54. The standard InChI is InChI=1S/C14H17N3S/c1-9-4-5-12(6-10(9)2)8-18-14-16-11(3)7-13(15)17-14/h4-7H,8H2,1-3H3,(H2,15,16,17). The van der Waals surface area contributed by atoms with E-state index in [0.29, 0.717) is 5.82 Å². The fourth-order valence-electron chi connectivity index (χ4n) is 1.67. The average Bonchev–Trinajstić information content (AvgIpc) is 2.29. The molecule has 3 nitrogen and oxygen atoms in total. The van der Waals surface area contributed by atoms with Gasteiger partial charge in [0.15, 0.2) is 5.16 Å². The van der Waals surface area contributed by atoms with E-state index >= 15 is 0 Å². The largest absolute Gasteiger partial charge is 0.384 e. The smallest absolute Gasteiger partial charge is 0.190 e. The van der Waals surface area contributed by atoms with Gasteiger partial charge < -0.3 is 5.73 Å². The number of aryl methyl sites for hydroxylation is 3. The first-order valence-corrected chi connectivity index (χ1v) is 6.83. The monoisotopic (exact) mass is 259 g/mol. The summed E-state index contributed by atoms with van der Waals surface area (Å²) in [6.45, 7) is 6.18. The first kappa shape index (κ1) is 12.9. The van der Waals surface area contributed by atoms with Crippen molar-refractivity contribution < 1.29 is 0 Å². The van der Waals surface area contributed by atoms with Gasteiger partial charge in [0.25, 0.3) is 0 Å². The van der Waals surface area contributed by atoms with E-state index in [1.54, 1.807) is 17.8 Å². The third kappa shape index (κ3) is 3.23. The molecule has 1 aromatic carbocycles. The molecule has 1 aromatic heterocycles. The van der Waals surface area contributed by atoms with Crippen molar-refractivity contribution in [1.82, 2.24) is 9.97 Å².